The maximum atomic E-state index is 11.9. The highest BCUT2D eigenvalue weighted by Crippen LogP contribution is 2.23. The molecule has 0 bridgehead atoms. The van der Waals surface area contributed by atoms with Gasteiger partial charge in [-0.15, -0.1) is 22.7 Å². The predicted molar refractivity (Wildman–Crippen MR) is 85.0 cm³/mol. The van der Waals surface area contributed by atoms with Gasteiger partial charge in [0.05, 0.1) is 0 Å². The quantitative estimate of drug-likeness (QED) is 0.768. The summed E-state index contributed by atoms with van der Waals surface area (Å²) in [6.45, 7) is 5.16. The lowest BCUT2D eigenvalue weighted by Gasteiger charge is -2.13. The number of hydrogen-bond acceptors (Lipinski definition) is 5. The van der Waals surface area contributed by atoms with Crippen LogP contribution in [0.2, 0.25) is 0 Å². The molecular weight excluding hydrogens is 312 g/mol. The summed E-state index contributed by atoms with van der Waals surface area (Å²) in [5.41, 5.74) is 1.27. The molecule has 20 heavy (non-hydrogen) atoms. The fourth-order valence-corrected chi connectivity index (χ4v) is 4.91. The third kappa shape index (κ3) is 3.89. The fraction of sp³-hybridized carbons (Fsp3) is 0.385. The summed E-state index contributed by atoms with van der Waals surface area (Å²) in [5, 5.41) is 7.16. The average molecular weight is 330 g/mol. The van der Waals surface area contributed by atoms with Crippen molar-refractivity contribution >= 4 is 32.7 Å². The van der Waals surface area contributed by atoms with Crippen LogP contribution in [-0.4, -0.2) is 21.5 Å². The first-order valence-electron chi connectivity index (χ1n) is 6.31. The second-order valence-corrected chi connectivity index (χ2v) is 8.36. The van der Waals surface area contributed by atoms with Gasteiger partial charge in [0.2, 0.25) is 10.0 Å². The molecule has 0 amide bonds. The molecule has 0 aromatic carbocycles. The zero-order chi connectivity index (χ0) is 14.6. The predicted octanol–water partition coefficient (Wildman–Crippen LogP) is 2.75. The third-order valence-electron chi connectivity index (χ3n) is 2.92. The van der Waals surface area contributed by atoms with E-state index < -0.39 is 10.0 Å². The SMILES string of the molecule is Cc1ccsc1[C@@H](C)NCCNS(=O)(=O)c1cccs1. The highest BCUT2D eigenvalue weighted by Gasteiger charge is 2.14. The zero-order valence-electron chi connectivity index (χ0n) is 11.4. The highest BCUT2D eigenvalue weighted by molar-refractivity contribution is 7.91. The van der Waals surface area contributed by atoms with Crippen LogP contribution in [0.15, 0.2) is 33.2 Å². The summed E-state index contributed by atoms with van der Waals surface area (Å²) in [7, 11) is -3.35. The largest absolute Gasteiger partial charge is 0.308 e. The van der Waals surface area contributed by atoms with E-state index in [2.05, 4.69) is 35.3 Å². The Balaban J connectivity index is 1.79. The van der Waals surface area contributed by atoms with E-state index in [0.29, 0.717) is 17.3 Å². The highest BCUT2D eigenvalue weighted by atomic mass is 32.2. The van der Waals surface area contributed by atoms with Gasteiger partial charge in [0.1, 0.15) is 4.21 Å². The van der Waals surface area contributed by atoms with Gasteiger partial charge in [-0.05, 0) is 42.3 Å². The lowest BCUT2D eigenvalue weighted by Crippen LogP contribution is -2.32. The lowest BCUT2D eigenvalue weighted by molar-refractivity contribution is 0.557. The Morgan fingerprint density at radius 3 is 2.60 bits per heavy atom. The van der Waals surface area contributed by atoms with Crippen LogP contribution >= 0.6 is 22.7 Å². The Bertz CT molecular complexity index is 632. The van der Waals surface area contributed by atoms with Crippen LogP contribution in [0.25, 0.3) is 0 Å². The molecule has 2 N–H and O–H groups in total. The molecule has 0 aliphatic carbocycles. The van der Waals surface area contributed by atoms with Gasteiger partial charge in [-0.3, -0.25) is 0 Å². The van der Waals surface area contributed by atoms with Gasteiger partial charge in [-0.25, -0.2) is 13.1 Å². The van der Waals surface area contributed by atoms with E-state index in [4.69, 9.17) is 0 Å². The van der Waals surface area contributed by atoms with Gasteiger partial charge < -0.3 is 5.32 Å². The van der Waals surface area contributed by atoms with Crippen LogP contribution in [0.1, 0.15) is 23.4 Å². The van der Waals surface area contributed by atoms with Crippen molar-refractivity contribution < 1.29 is 8.42 Å². The molecule has 110 valence electrons. The molecule has 0 fully saturated rings. The minimum absolute atomic E-state index is 0.237. The van der Waals surface area contributed by atoms with E-state index in [-0.39, 0.29) is 6.04 Å². The number of aryl methyl sites for hydroxylation is 1. The second kappa shape index (κ2) is 6.82. The zero-order valence-corrected chi connectivity index (χ0v) is 13.9. The molecule has 2 heterocycles. The van der Waals surface area contributed by atoms with Crippen molar-refractivity contribution in [2.75, 3.05) is 13.1 Å². The smallest absolute Gasteiger partial charge is 0.250 e. The van der Waals surface area contributed by atoms with Gasteiger partial charge in [0, 0.05) is 24.0 Å². The Labute approximate surface area is 127 Å². The molecule has 1 atom stereocenters. The summed E-state index contributed by atoms with van der Waals surface area (Å²) < 4.78 is 26.7. The van der Waals surface area contributed by atoms with Crippen LogP contribution in [0.3, 0.4) is 0 Å². The summed E-state index contributed by atoms with van der Waals surface area (Å²) >= 11 is 2.94. The van der Waals surface area contributed by atoms with Crippen molar-refractivity contribution in [1.82, 2.24) is 10.0 Å². The summed E-state index contributed by atoms with van der Waals surface area (Å²) in [4.78, 5) is 1.30. The molecule has 0 saturated heterocycles. The molecule has 4 nitrogen and oxygen atoms in total. The van der Waals surface area contributed by atoms with E-state index >= 15 is 0 Å². The Kier molecular flexibility index (Phi) is 5.34. The van der Waals surface area contributed by atoms with Crippen LogP contribution in [0, 0.1) is 6.92 Å². The number of nitrogens with one attached hydrogen (secondary N) is 2. The van der Waals surface area contributed by atoms with Crippen molar-refractivity contribution in [3.8, 4) is 0 Å². The van der Waals surface area contributed by atoms with Crippen LogP contribution in [-0.2, 0) is 10.0 Å². The van der Waals surface area contributed by atoms with Gasteiger partial charge in [-0.2, -0.15) is 0 Å². The minimum atomic E-state index is -3.35. The molecule has 0 unspecified atom stereocenters. The minimum Gasteiger partial charge on any atom is -0.308 e. The number of sulfonamides is 1. The Hall–Kier alpha value is -0.730. The normalized spacial score (nSPS) is 13.5. The van der Waals surface area contributed by atoms with E-state index in [0.717, 1.165) is 0 Å². The molecule has 0 saturated carbocycles. The Morgan fingerprint density at radius 2 is 2.00 bits per heavy atom. The van der Waals surface area contributed by atoms with Crippen molar-refractivity contribution in [2.45, 2.75) is 24.1 Å². The topological polar surface area (TPSA) is 58.2 Å². The lowest BCUT2D eigenvalue weighted by atomic mass is 10.2. The molecular formula is C13H18N2O2S3. The van der Waals surface area contributed by atoms with Crippen LogP contribution < -0.4 is 10.0 Å². The van der Waals surface area contributed by atoms with Crippen molar-refractivity contribution in [3.05, 3.63) is 39.4 Å². The van der Waals surface area contributed by atoms with E-state index in [1.807, 2.05) is 0 Å². The van der Waals surface area contributed by atoms with Crippen molar-refractivity contribution in [2.24, 2.45) is 0 Å². The van der Waals surface area contributed by atoms with E-state index in [9.17, 15) is 8.42 Å². The summed E-state index contributed by atoms with van der Waals surface area (Å²) in [6.07, 6.45) is 0. The standard InChI is InChI=1S/C13H18N2O2S3/c1-10-5-9-19-13(10)11(2)14-6-7-15-20(16,17)12-4-3-8-18-12/h3-5,8-9,11,14-15H,6-7H2,1-2H3/t11-/m1/s1. The average Bonchev–Trinajstić information content (AvgIpc) is 3.05. The van der Waals surface area contributed by atoms with Gasteiger partial charge in [-0.1, -0.05) is 6.07 Å². The van der Waals surface area contributed by atoms with Gasteiger partial charge in [0.25, 0.3) is 0 Å². The first-order valence-corrected chi connectivity index (χ1v) is 9.55. The first kappa shape index (κ1) is 15.7. The van der Waals surface area contributed by atoms with Gasteiger partial charge in [0.15, 0.2) is 0 Å². The molecule has 0 aliphatic rings. The monoisotopic (exact) mass is 330 g/mol. The molecule has 2 aromatic rings. The molecule has 0 spiro atoms. The molecule has 0 aliphatic heterocycles. The summed E-state index contributed by atoms with van der Waals surface area (Å²) in [6, 6.07) is 5.68. The number of thiophene rings is 2. The van der Waals surface area contributed by atoms with Gasteiger partial charge >= 0.3 is 0 Å². The molecule has 2 aromatic heterocycles. The third-order valence-corrected chi connectivity index (χ3v) is 6.98. The molecule has 0 radical (unpaired) electrons. The first-order chi connectivity index (χ1) is 9.50. The maximum absolute atomic E-state index is 11.9. The van der Waals surface area contributed by atoms with E-state index in [1.165, 1.54) is 21.8 Å². The second-order valence-electron chi connectivity index (χ2n) is 4.47. The van der Waals surface area contributed by atoms with E-state index in [1.54, 1.807) is 28.8 Å². The number of hydrogen-bond donors (Lipinski definition) is 2. The van der Waals surface area contributed by atoms with Crippen molar-refractivity contribution in [3.63, 3.8) is 0 Å². The molecule has 7 heteroatoms. The Morgan fingerprint density at radius 1 is 1.20 bits per heavy atom. The maximum Gasteiger partial charge on any atom is 0.250 e. The fourth-order valence-electron chi connectivity index (χ4n) is 1.88. The summed E-state index contributed by atoms with van der Waals surface area (Å²) in [5.74, 6) is 0. The number of rotatable bonds is 7. The van der Waals surface area contributed by atoms with Crippen LogP contribution in [0.5, 0.6) is 0 Å². The molecule has 2 rings (SSSR count). The van der Waals surface area contributed by atoms with Crippen molar-refractivity contribution in [1.29, 1.82) is 0 Å². The van der Waals surface area contributed by atoms with Crippen LogP contribution in [0.4, 0.5) is 0 Å².